The van der Waals surface area contributed by atoms with Gasteiger partial charge in [0.1, 0.15) is 24.3 Å². The molecule has 0 aromatic heterocycles. The fourth-order valence-corrected chi connectivity index (χ4v) is 7.62. The minimum atomic E-state index is -0.730. The summed E-state index contributed by atoms with van der Waals surface area (Å²) in [5.41, 5.74) is 7.53. The van der Waals surface area contributed by atoms with E-state index in [-0.39, 0.29) is 40.1 Å². The Morgan fingerprint density at radius 3 is 1.18 bits per heavy atom. The van der Waals surface area contributed by atoms with Crippen LogP contribution in [0.25, 0.3) is 0 Å². The van der Waals surface area contributed by atoms with E-state index in [9.17, 15) is 19.8 Å². The van der Waals surface area contributed by atoms with Gasteiger partial charge < -0.3 is 19.7 Å². The van der Waals surface area contributed by atoms with Crippen LogP contribution in [-0.4, -0.2) is 36.6 Å². The third-order valence-corrected chi connectivity index (χ3v) is 9.95. The maximum absolute atomic E-state index is 13.4. The topological polar surface area (TPSA) is 123 Å². The number of hydrogen-bond donors (Lipinski definition) is 0. The molecule has 0 heterocycles. The molecule has 0 aliphatic heterocycles. The Morgan fingerprint density at radius 1 is 0.608 bits per heavy atom. The number of allylic oxidation sites excluding steroid dienone is 2. The number of benzene rings is 2. The summed E-state index contributed by atoms with van der Waals surface area (Å²) >= 11 is 0. The number of rotatable bonds is 11. The van der Waals surface area contributed by atoms with Crippen molar-refractivity contribution in [2.75, 3.05) is 0 Å². The zero-order valence-electron chi connectivity index (χ0n) is 31.5. The largest absolute Gasteiger partial charge is 2.00 e. The average Bonchev–Trinajstić information content (AvgIpc) is 3.03. The Balaban J connectivity index is 0.00000702. The third-order valence-electron chi connectivity index (χ3n) is 9.95. The van der Waals surface area contributed by atoms with Crippen LogP contribution in [0.3, 0.4) is 0 Å². The predicted octanol–water partition coefficient (Wildman–Crippen LogP) is 7.48. The Hall–Kier alpha value is -3.69. The SMILES string of the molecule is C/C([O-])=C(/C=N[C@@H](c1c(C)cc(C)cc1C)[C@@H](N=C/C(C(=O)OC1CCCCC1)=C(/C)[O-])c1c(C)cc(C)cc1C)C(=O)OC1CCCCC1.[Co+2]. The van der Waals surface area contributed by atoms with Gasteiger partial charge in [-0.2, -0.15) is 0 Å². The minimum absolute atomic E-state index is 0. The molecule has 2 fully saturated rings. The van der Waals surface area contributed by atoms with Crippen molar-refractivity contribution in [2.45, 2.75) is 144 Å². The van der Waals surface area contributed by atoms with E-state index in [1.54, 1.807) is 0 Å². The van der Waals surface area contributed by atoms with Gasteiger partial charge in [-0.3, -0.25) is 9.98 Å². The number of hydrogen-bond acceptors (Lipinski definition) is 8. The van der Waals surface area contributed by atoms with Crippen molar-refractivity contribution in [3.05, 3.63) is 91.4 Å². The summed E-state index contributed by atoms with van der Waals surface area (Å²) in [6, 6.07) is 6.83. The van der Waals surface area contributed by atoms with Gasteiger partial charge in [0.05, 0.1) is 11.1 Å². The standard InChI is InChI=1S/C42H56N2O6.Co/c1-25-19-27(3)37(28(4)20-25)39(43-23-35(31(7)45)41(47)49-33-15-11-9-12-16-33)40(38-29(5)21-26(2)22-30(38)6)44-24-36(32(8)46)42(48)50-34-17-13-10-14-18-34;/h19-24,33-34,39-40,45-46H,9-18H2,1-8H3;/q;+2/p-2/b35-31+,36-32+,43-23?,44-24?;/t39-,40-;/m0./s1. The van der Waals surface area contributed by atoms with Gasteiger partial charge in [0.25, 0.3) is 0 Å². The first-order valence-electron chi connectivity index (χ1n) is 18.2. The van der Waals surface area contributed by atoms with Gasteiger partial charge in [-0.1, -0.05) is 62.1 Å². The van der Waals surface area contributed by atoms with Crippen LogP contribution in [0.15, 0.2) is 56.9 Å². The maximum Gasteiger partial charge on any atom is 2.00 e. The first-order valence-corrected chi connectivity index (χ1v) is 18.2. The van der Waals surface area contributed by atoms with E-state index in [0.29, 0.717) is 0 Å². The summed E-state index contributed by atoms with van der Waals surface area (Å²) in [6.07, 6.45) is 11.5. The van der Waals surface area contributed by atoms with Gasteiger partial charge in [-0.25, -0.2) is 9.59 Å². The molecule has 51 heavy (non-hydrogen) atoms. The van der Waals surface area contributed by atoms with Crippen LogP contribution in [0.2, 0.25) is 0 Å². The normalized spacial score (nSPS) is 18.1. The number of esters is 2. The summed E-state index contributed by atoms with van der Waals surface area (Å²) in [5, 5.41) is 25.8. The van der Waals surface area contributed by atoms with Gasteiger partial charge >= 0.3 is 28.7 Å². The van der Waals surface area contributed by atoms with E-state index in [0.717, 1.165) is 109 Å². The summed E-state index contributed by atoms with van der Waals surface area (Å²) in [6.45, 7) is 14.8. The van der Waals surface area contributed by atoms with Crippen molar-refractivity contribution >= 4 is 24.4 Å². The van der Waals surface area contributed by atoms with Crippen LogP contribution < -0.4 is 10.2 Å². The van der Waals surface area contributed by atoms with Crippen LogP contribution in [0, 0.1) is 41.5 Å². The van der Waals surface area contributed by atoms with Crippen molar-refractivity contribution in [3.63, 3.8) is 0 Å². The second kappa shape index (κ2) is 19.2. The van der Waals surface area contributed by atoms with Crippen LogP contribution in [0.4, 0.5) is 0 Å². The number of ether oxygens (including phenoxy) is 2. The second-order valence-electron chi connectivity index (χ2n) is 14.3. The minimum Gasteiger partial charge on any atom is -0.875 e. The zero-order chi connectivity index (χ0) is 36.5. The molecule has 0 N–H and O–H groups in total. The molecular formula is C42H54CoN2O6. The quantitative estimate of drug-likeness (QED) is 0.102. The van der Waals surface area contributed by atoms with Crippen molar-refractivity contribution in [2.24, 2.45) is 9.98 Å². The predicted molar refractivity (Wildman–Crippen MR) is 195 cm³/mol. The first-order chi connectivity index (χ1) is 23.8. The molecule has 0 unspecified atom stereocenters. The number of aryl methyl sites for hydroxylation is 6. The van der Waals surface area contributed by atoms with Crippen molar-refractivity contribution in [1.82, 2.24) is 0 Å². The number of nitrogens with zero attached hydrogens (tertiary/aromatic N) is 2. The molecule has 0 amide bonds. The molecule has 2 aromatic rings. The average molecular weight is 742 g/mol. The summed E-state index contributed by atoms with van der Waals surface area (Å²) in [5.74, 6) is -2.23. The molecule has 0 saturated heterocycles. The first kappa shape index (κ1) is 41.7. The number of aliphatic imine (C=N–C) groups is 2. The maximum atomic E-state index is 13.4. The molecular weight excluding hydrogens is 687 g/mol. The van der Waals surface area contributed by atoms with Crippen LogP contribution in [-0.2, 0) is 35.8 Å². The molecule has 1 radical (unpaired) electrons. The van der Waals surface area contributed by atoms with Gasteiger partial charge in [0.2, 0.25) is 0 Å². The Kier molecular flexibility index (Phi) is 15.7. The Labute approximate surface area is 314 Å². The molecule has 9 heteroatoms. The Morgan fingerprint density at radius 2 is 0.902 bits per heavy atom. The van der Waals surface area contributed by atoms with Crippen molar-refractivity contribution < 1.29 is 46.1 Å². The third kappa shape index (κ3) is 11.1. The molecule has 4 rings (SSSR count). The number of carbonyl (C=O) groups excluding carboxylic acids is 2. The summed E-state index contributed by atoms with van der Waals surface area (Å²) < 4.78 is 11.6. The summed E-state index contributed by atoms with van der Waals surface area (Å²) in [7, 11) is 0. The van der Waals surface area contributed by atoms with E-state index in [1.165, 1.54) is 26.3 Å². The molecule has 0 bridgehead atoms. The molecule has 2 atom stereocenters. The van der Waals surface area contributed by atoms with Crippen molar-refractivity contribution in [3.8, 4) is 0 Å². The van der Waals surface area contributed by atoms with Gasteiger partial charge in [-0.05, 0) is 126 Å². The van der Waals surface area contributed by atoms with Crippen LogP contribution in [0.1, 0.15) is 135 Å². The fourth-order valence-electron chi connectivity index (χ4n) is 7.62. The molecule has 2 aliphatic carbocycles. The summed E-state index contributed by atoms with van der Waals surface area (Å²) in [4.78, 5) is 36.8. The molecule has 2 saturated carbocycles. The van der Waals surface area contributed by atoms with Crippen molar-refractivity contribution in [1.29, 1.82) is 0 Å². The van der Waals surface area contributed by atoms with Gasteiger partial charge in [0, 0.05) is 12.4 Å². The van der Waals surface area contributed by atoms with E-state index >= 15 is 0 Å². The Bertz CT molecular complexity index is 1500. The van der Waals surface area contributed by atoms with Gasteiger partial charge in [-0.15, -0.1) is 11.5 Å². The van der Waals surface area contributed by atoms with E-state index in [4.69, 9.17) is 19.5 Å². The van der Waals surface area contributed by atoms with Crippen LogP contribution >= 0.6 is 0 Å². The molecule has 277 valence electrons. The zero-order valence-corrected chi connectivity index (χ0v) is 32.6. The fraction of sp³-hybridized carbons (Fsp3) is 0.524. The van der Waals surface area contributed by atoms with E-state index in [1.807, 2.05) is 41.5 Å². The monoisotopic (exact) mass is 741 g/mol. The molecule has 8 nitrogen and oxygen atoms in total. The van der Waals surface area contributed by atoms with E-state index < -0.39 is 35.5 Å². The molecule has 2 aromatic carbocycles. The smallest absolute Gasteiger partial charge is 0.875 e. The van der Waals surface area contributed by atoms with E-state index in [2.05, 4.69) is 24.3 Å². The number of carbonyl (C=O) groups is 2. The molecule has 0 spiro atoms. The van der Waals surface area contributed by atoms with Gasteiger partial charge in [0.15, 0.2) is 0 Å². The van der Waals surface area contributed by atoms with Crippen LogP contribution in [0.5, 0.6) is 0 Å². The molecule has 2 aliphatic rings. The second-order valence-corrected chi connectivity index (χ2v) is 14.3.